The molecule has 0 atom stereocenters. The predicted octanol–water partition coefficient (Wildman–Crippen LogP) is 3.33. The first kappa shape index (κ1) is 18.2. The molecular formula is C20H26N4O2. The zero-order valence-electron chi connectivity index (χ0n) is 15.6. The summed E-state index contributed by atoms with van der Waals surface area (Å²) in [5, 5.41) is 13.0. The Morgan fingerprint density at radius 2 is 1.96 bits per heavy atom. The summed E-state index contributed by atoms with van der Waals surface area (Å²) in [5.74, 6) is 0.844. The fraction of sp³-hybridized carbons (Fsp3) is 0.450. The van der Waals surface area contributed by atoms with E-state index in [0.29, 0.717) is 5.69 Å². The molecule has 1 aromatic heterocycles. The van der Waals surface area contributed by atoms with E-state index >= 15 is 0 Å². The van der Waals surface area contributed by atoms with Gasteiger partial charge in [-0.2, -0.15) is 0 Å². The minimum absolute atomic E-state index is 0.0369. The molecule has 0 unspecified atom stereocenters. The van der Waals surface area contributed by atoms with E-state index in [1.807, 2.05) is 12.1 Å². The van der Waals surface area contributed by atoms with Crippen LogP contribution in [0.5, 0.6) is 5.75 Å². The molecule has 0 aliphatic carbocycles. The third-order valence-corrected chi connectivity index (χ3v) is 4.86. The van der Waals surface area contributed by atoms with E-state index in [1.54, 1.807) is 24.7 Å². The summed E-state index contributed by atoms with van der Waals surface area (Å²) in [6, 6.07) is 5.40. The van der Waals surface area contributed by atoms with Gasteiger partial charge in [0.2, 0.25) is 5.91 Å². The molecule has 6 nitrogen and oxygen atoms in total. The minimum Gasteiger partial charge on any atom is -0.506 e. The second-order valence-electron chi connectivity index (χ2n) is 7.80. The maximum Gasteiger partial charge on any atom is 0.227 e. The number of aromatic nitrogens is 2. The number of aromatic hydroxyl groups is 1. The Labute approximate surface area is 154 Å². The molecular weight excluding hydrogens is 328 g/mol. The summed E-state index contributed by atoms with van der Waals surface area (Å²) in [6.45, 7) is 7.85. The SMILES string of the molecule is CC(C)(C)c1ccc(O)c(NC(=O)C2CCN(c3cnccn3)CC2)c1. The van der Waals surface area contributed by atoms with E-state index in [1.165, 1.54) is 0 Å². The van der Waals surface area contributed by atoms with Crippen LogP contribution in [-0.4, -0.2) is 34.1 Å². The Bertz CT molecular complexity index is 763. The topological polar surface area (TPSA) is 78.4 Å². The summed E-state index contributed by atoms with van der Waals surface area (Å²) in [5.41, 5.74) is 1.51. The van der Waals surface area contributed by atoms with E-state index in [4.69, 9.17) is 0 Å². The van der Waals surface area contributed by atoms with Gasteiger partial charge in [-0.15, -0.1) is 0 Å². The number of benzene rings is 1. The summed E-state index contributed by atoms with van der Waals surface area (Å²) >= 11 is 0. The first-order chi connectivity index (χ1) is 12.3. The van der Waals surface area contributed by atoms with Gasteiger partial charge >= 0.3 is 0 Å². The molecule has 2 N–H and O–H groups in total. The van der Waals surface area contributed by atoms with E-state index in [-0.39, 0.29) is 23.0 Å². The molecule has 2 heterocycles. The van der Waals surface area contributed by atoms with Gasteiger partial charge in [0.25, 0.3) is 0 Å². The second-order valence-corrected chi connectivity index (χ2v) is 7.80. The van der Waals surface area contributed by atoms with Crippen molar-refractivity contribution in [1.82, 2.24) is 9.97 Å². The summed E-state index contributed by atoms with van der Waals surface area (Å²) in [4.78, 5) is 23.2. The Kier molecular flexibility index (Phi) is 5.11. The maximum atomic E-state index is 12.7. The number of anilines is 2. The van der Waals surface area contributed by atoms with Gasteiger partial charge in [0.1, 0.15) is 11.6 Å². The summed E-state index contributed by atoms with van der Waals surface area (Å²) < 4.78 is 0. The Balaban J connectivity index is 1.63. The number of nitrogens with zero attached hydrogens (tertiary/aromatic N) is 3. The lowest BCUT2D eigenvalue weighted by atomic mass is 9.86. The Hall–Kier alpha value is -2.63. The van der Waals surface area contributed by atoms with Crippen molar-refractivity contribution in [2.45, 2.75) is 39.0 Å². The number of phenols is 1. The number of hydrogen-bond donors (Lipinski definition) is 2. The van der Waals surface area contributed by atoms with Crippen molar-refractivity contribution >= 4 is 17.4 Å². The monoisotopic (exact) mass is 354 g/mol. The van der Waals surface area contributed by atoms with Crippen LogP contribution in [0.15, 0.2) is 36.8 Å². The molecule has 0 bridgehead atoms. The van der Waals surface area contributed by atoms with E-state index in [0.717, 1.165) is 37.3 Å². The van der Waals surface area contributed by atoms with Crippen molar-refractivity contribution in [3.05, 3.63) is 42.4 Å². The van der Waals surface area contributed by atoms with Gasteiger partial charge in [-0.05, 0) is 36.0 Å². The van der Waals surface area contributed by atoms with Gasteiger partial charge in [0, 0.05) is 31.4 Å². The zero-order chi connectivity index (χ0) is 18.7. The number of nitrogens with one attached hydrogen (secondary N) is 1. The first-order valence-electron chi connectivity index (χ1n) is 9.00. The van der Waals surface area contributed by atoms with Crippen LogP contribution < -0.4 is 10.2 Å². The van der Waals surface area contributed by atoms with Gasteiger partial charge in [0.15, 0.2) is 0 Å². The molecule has 1 aromatic carbocycles. The molecule has 0 saturated carbocycles. The number of carbonyl (C=O) groups excluding carboxylic acids is 1. The normalized spacial score (nSPS) is 15.7. The van der Waals surface area contributed by atoms with Crippen LogP contribution in [-0.2, 0) is 10.2 Å². The van der Waals surface area contributed by atoms with E-state index < -0.39 is 0 Å². The fourth-order valence-electron chi connectivity index (χ4n) is 3.16. The van der Waals surface area contributed by atoms with Crippen LogP contribution in [0, 0.1) is 5.92 Å². The van der Waals surface area contributed by atoms with Crippen LogP contribution in [0.1, 0.15) is 39.2 Å². The molecule has 138 valence electrons. The van der Waals surface area contributed by atoms with E-state index in [2.05, 4.69) is 41.0 Å². The molecule has 1 saturated heterocycles. The van der Waals surface area contributed by atoms with E-state index in [9.17, 15) is 9.90 Å². The Morgan fingerprint density at radius 3 is 2.58 bits per heavy atom. The van der Waals surface area contributed by atoms with Crippen molar-refractivity contribution in [2.24, 2.45) is 5.92 Å². The molecule has 1 amide bonds. The highest BCUT2D eigenvalue weighted by Crippen LogP contribution is 2.31. The van der Waals surface area contributed by atoms with Crippen LogP contribution in [0.25, 0.3) is 0 Å². The van der Waals surface area contributed by atoms with Crippen LogP contribution in [0.3, 0.4) is 0 Å². The third-order valence-electron chi connectivity index (χ3n) is 4.86. The van der Waals surface area contributed by atoms with Gasteiger partial charge in [0.05, 0.1) is 11.9 Å². The van der Waals surface area contributed by atoms with Crippen molar-refractivity contribution < 1.29 is 9.90 Å². The maximum absolute atomic E-state index is 12.7. The average Bonchev–Trinajstić information content (AvgIpc) is 2.63. The smallest absolute Gasteiger partial charge is 0.227 e. The van der Waals surface area contributed by atoms with Crippen molar-refractivity contribution in [1.29, 1.82) is 0 Å². The van der Waals surface area contributed by atoms with Gasteiger partial charge in [-0.25, -0.2) is 4.98 Å². The highest BCUT2D eigenvalue weighted by molar-refractivity contribution is 5.94. The van der Waals surface area contributed by atoms with Gasteiger partial charge < -0.3 is 15.3 Å². The molecule has 0 spiro atoms. The number of hydrogen-bond acceptors (Lipinski definition) is 5. The standard InChI is InChI=1S/C20H26N4O2/c1-20(2,3)15-4-5-17(25)16(12-15)23-19(26)14-6-10-24(11-7-14)18-13-21-8-9-22-18/h4-5,8-9,12-14,25H,6-7,10-11H2,1-3H3,(H,23,26). The summed E-state index contributed by atoms with van der Waals surface area (Å²) in [7, 11) is 0. The van der Waals surface area contributed by atoms with Crippen molar-refractivity contribution in [3.63, 3.8) is 0 Å². The third kappa shape index (κ3) is 4.12. The van der Waals surface area contributed by atoms with Gasteiger partial charge in [-0.3, -0.25) is 9.78 Å². The molecule has 1 aliphatic rings. The summed E-state index contributed by atoms with van der Waals surface area (Å²) in [6.07, 6.45) is 6.59. The number of piperidine rings is 1. The largest absolute Gasteiger partial charge is 0.506 e. The molecule has 1 aliphatic heterocycles. The quantitative estimate of drug-likeness (QED) is 0.827. The molecule has 2 aromatic rings. The van der Waals surface area contributed by atoms with Crippen molar-refractivity contribution in [3.8, 4) is 5.75 Å². The number of carbonyl (C=O) groups is 1. The number of rotatable bonds is 3. The second kappa shape index (κ2) is 7.32. The predicted molar refractivity (Wildman–Crippen MR) is 102 cm³/mol. The lowest BCUT2D eigenvalue weighted by Gasteiger charge is -2.32. The number of phenolic OH excluding ortho intramolecular Hbond substituents is 1. The molecule has 6 heteroatoms. The first-order valence-corrected chi connectivity index (χ1v) is 9.00. The lowest BCUT2D eigenvalue weighted by molar-refractivity contribution is -0.120. The van der Waals surface area contributed by atoms with Crippen LogP contribution in [0.2, 0.25) is 0 Å². The molecule has 26 heavy (non-hydrogen) atoms. The lowest BCUT2D eigenvalue weighted by Crippen LogP contribution is -2.38. The Morgan fingerprint density at radius 1 is 1.23 bits per heavy atom. The van der Waals surface area contributed by atoms with Crippen LogP contribution >= 0.6 is 0 Å². The molecule has 3 rings (SSSR count). The average molecular weight is 354 g/mol. The van der Waals surface area contributed by atoms with Gasteiger partial charge in [-0.1, -0.05) is 26.8 Å². The molecule has 0 radical (unpaired) electrons. The highest BCUT2D eigenvalue weighted by Gasteiger charge is 2.26. The molecule has 1 fully saturated rings. The zero-order valence-corrected chi connectivity index (χ0v) is 15.6. The minimum atomic E-state index is -0.0689. The van der Waals surface area contributed by atoms with Crippen LogP contribution in [0.4, 0.5) is 11.5 Å². The fourth-order valence-corrected chi connectivity index (χ4v) is 3.16. The highest BCUT2D eigenvalue weighted by atomic mass is 16.3. The number of amides is 1. The van der Waals surface area contributed by atoms with Crippen molar-refractivity contribution in [2.75, 3.05) is 23.3 Å².